The van der Waals surface area contributed by atoms with E-state index in [2.05, 4.69) is 14.9 Å². The molecule has 1 aliphatic heterocycles. The van der Waals surface area contributed by atoms with Gasteiger partial charge in [0, 0.05) is 31.6 Å². The molecule has 26 heavy (non-hydrogen) atoms. The van der Waals surface area contributed by atoms with Crippen LogP contribution in [0.1, 0.15) is 16.8 Å². The number of halogens is 1. The molecular weight excluding hydrogens is 353 g/mol. The lowest BCUT2D eigenvalue weighted by molar-refractivity contribution is 0.237. The first-order chi connectivity index (χ1) is 12.7. The molecule has 1 N–H and O–H groups in total. The molecule has 0 radical (unpaired) electrons. The van der Waals surface area contributed by atoms with Crippen LogP contribution in [0, 0.1) is 5.82 Å². The molecule has 0 aliphatic carbocycles. The Labute approximate surface area is 154 Å². The number of aromatic nitrogens is 2. The second-order valence-corrected chi connectivity index (χ2v) is 7.16. The minimum Gasteiger partial charge on any atom is -0.494 e. The average molecular weight is 371 g/mol. The number of benzene rings is 1. The highest BCUT2D eigenvalue weighted by molar-refractivity contribution is 7.13. The smallest absolute Gasteiger partial charge is 0.255 e. The van der Waals surface area contributed by atoms with E-state index in [9.17, 15) is 9.18 Å². The van der Waals surface area contributed by atoms with Gasteiger partial charge < -0.3 is 9.72 Å². The van der Waals surface area contributed by atoms with E-state index in [4.69, 9.17) is 4.74 Å². The van der Waals surface area contributed by atoms with Gasteiger partial charge in [0.1, 0.15) is 0 Å². The van der Waals surface area contributed by atoms with E-state index < -0.39 is 0 Å². The minimum atomic E-state index is -0.346. The number of H-pyrrole nitrogens is 1. The number of aromatic amines is 1. The summed E-state index contributed by atoms with van der Waals surface area (Å²) in [7, 11) is 1.45. The van der Waals surface area contributed by atoms with E-state index in [1.807, 2.05) is 17.5 Å². The molecule has 3 aromatic rings. The number of hydrogen-bond acceptors (Lipinski definition) is 5. The van der Waals surface area contributed by atoms with Gasteiger partial charge in [-0.15, -0.1) is 11.3 Å². The van der Waals surface area contributed by atoms with Gasteiger partial charge in [0.15, 0.2) is 17.4 Å². The third-order valence-corrected chi connectivity index (χ3v) is 5.44. The summed E-state index contributed by atoms with van der Waals surface area (Å²) in [4.78, 5) is 23.1. The van der Waals surface area contributed by atoms with Crippen molar-refractivity contribution in [3.05, 3.63) is 68.7 Å². The maximum absolute atomic E-state index is 14.4. The number of rotatable bonds is 4. The molecule has 4 rings (SSSR count). The zero-order valence-electron chi connectivity index (χ0n) is 14.3. The van der Waals surface area contributed by atoms with Crippen LogP contribution >= 0.6 is 11.3 Å². The van der Waals surface area contributed by atoms with Crippen molar-refractivity contribution in [1.29, 1.82) is 0 Å². The second kappa shape index (κ2) is 7.01. The van der Waals surface area contributed by atoms with Crippen LogP contribution in [0.5, 0.6) is 5.75 Å². The Morgan fingerprint density at radius 3 is 3.00 bits per heavy atom. The van der Waals surface area contributed by atoms with E-state index in [-0.39, 0.29) is 17.1 Å². The lowest BCUT2D eigenvalue weighted by Crippen LogP contribution is -2.35. The molecular formula is C19H18FN3O2S. The van der Waals surface area contributed by atoms with Crippen molar-refractivity contribution in [3.8, 4) is 16.5 Å². The van der Waals surface area contributed by atoms with Crippen LogP contribution in [0.15, 0.2) is 40.5 Å². The summed E-state index contributed by atoms with van der Waals surface area (Å²) in [5.74, 6) is 0.511. The molecule has 2 aromatic heterocycles. The van der Waals surface area contributed by atoms with Crippen molar-refractivity contribution in [1.82, 2.24) is 14.9 Å². The Hall–Kier alpha value is -2.51. The highest BCUT2D eigenvalue weighted by atomic mass is 32.1. The summed E-state index contributed by atoms with van der Waals surface area (Å²) < 4.78 is 19.4. The van der Waals surface area contributed by atoms with Gasteiger partial charge >= 0.3 is 0 Å². The minimum absolute atomic E-state index is 0.116. The summed E-state index contributed by atoms with van der Waals surface area (Å²) in [6.07, 6.45) is 0.670. The van der Waals surface area contributed by atoms with Crippen LogP contribution in [0.25, 0.3) is 10.7 Å². The van der Waals surface area contributed by atoms with Crippen molar-refractivity contribution in [2.45, 2.75) is 19.5 Å². The summed E-state index contributed by atoms with van der Waals surface area (Å²) >= 11 is 1.55. The standard InChI is InChI=1S/C19H18FN3O2S/c1-25-15-5-2-4-12(17(15)20)10-23-8-7-14-13(11-23)19(24)22-18(21-14)16-6-3-9-26-16/h2-6,9H,7-8,10-11H2,1H3,(H,21,22,24). The fourth-order valence-corrected chi connectivity index (χ4v) is 3.89. The molecule has 0 saturated carbocycles. The Balaban J connectivity index is 1.58. The molecule has 1 aromatic carbocycles. The lowest BCUT2D eigenvalue weighted by Gasteiger charge is -2.28. The Morgan fingerprint density at radius 2 is 2.23 bits per heavy atom. The van der Waals surface area contributed by atoms with Gasteiger partial charge in [-0.25, -0.2) is 9.37 Å². The zero-order chi connectivity index (χ0) is 18.1. The Bertz CT molecular complexity index is 985. The van der Waals surface area contributed by atoms with Crippen LogP contribution in [0.2, 0.25) is 0 Å². The topological polar surface area (TPSA) is 58.2 Å². The zero-order valence-corrected chi connectivity index (χ0v) is 15.1. The fourth-order valence-electron chi connectivity index (χ4n) is 3.22. The third kappa shape index (κ3) is 3.15. The van der Waals surface area contributed by atoms with Crippen LogP contribution in [-0.4, -0.2) is 28.5 Å². The SMILES string of the molecule is COc1cccc(CN2CCc3nc(-c4cccs4)[nH]c(=O)c3C2)c1F. The summed E-state index contributed by atoms with van der Waals surface area (Å²) in [5, 5.41) is 1.96. The molecule has 5 nitrogen and oxygen atoms in total. The number of methoxy groups -OCH3 is 1. The number of nitrogens with zero attached hydrogens (tertiary/aromatic N) is 2. The molecule has 0 atom stereocenters. The molecule has 3 heterocycles. The van der Waals surface area contributed by atoms with E-state index in [1.165, 1.54) is 7.11 Å². The summed E-state index contributed by atoms with van der Waals surface area (Å²) in [5.41, 5.74) is 1.95. The van der Waals surface area contributed by atoms with E-state index >= 15 is 0 Å². The highest BCUT2D eigenvalue weighted by Crippen LogP contribution is 2.25. The molecule has 0 unspecified atom stereocenters. The highest BCUT2D eigenvalue weighted by Gasteiger charge is 2.23. The summed E-state index contributed by atoms with van der Waals surface area (Å²) in [6, 6.07) is 9.00. The van der Waals surface area contributed by atoms with Gasteiger partial charge in [-0.1, -0.05) is 18.2 Å². The number of nitrogens with one attached hydrogen (secondary N) is 1. The largest absolute Gasteiger partial charge is 0.494 e. The number of ether oxygens (including phenoxy) is 1. The van der Waals surface area contributed by atoms with Crippen LogP contribution in [0.3, 0.4) is 0 Å². The van der Waals surface area contributed by atoms with Crippen molar-refractivity contribution >= 4 is 11.3 Å². The van der Waals surface area contributed by atoms with E-state index in [0.717, 1.165) is 17.1 Å². The number of thiophene rings is 1. The number of hydrogen-bond donors (Lipinski definition) is 1. The molecule has 0 fully saturated rings. The maximum Gasteiger partial charge on any atom is 0.255 e. The molecule has 0 bridgehead atoms. The fraction of sp³-hybridized carbons (Fsp3) is 0.263. The van der Waals surface area contributed by atoms with Crippen molar-refractivity contribution in [3.63, 3.8) is 0 Å². The first-order valence-corrected chi connectivity index (χ1v) is 9.23. The van der Waals surface area contributed by atoms with Crippen LogP contribution in [0.4, 0.5) is 4.39 Å². The van der Waals surface area contributed by atoms with Gasteiger partial charge in [0.05, 0.1) is 23.2 Å². The third-order valence-electron chi connectivity index (χ3n) is 4.56. The van der Waals surface area contributed by atoms with Crippen molar-refractivity contribution in [2.24, 2.45) is 0 Å². The first-order valence-electron chi connectivity index (χ1n) is 8.35. The monoisotopic (exact) mass is 371 g/mol. The molecule has 7 heteroatoms. The normalized spacial score (nSPS) is 14.2. The molecule has 1 aliphatic rings. The molecule has 134 valence electrons. The van der Waals surface area contributed by atoms with Crippen molar-refractivity contribution < 1.29 is 9.13 Å². The Morgan fingerprint density at radius 1 is 1.35 bits per heavy atom. The molecule has 0 amide bonds. The average Bonchev–Trinajstić information content (AvgIpc) is 3.18. The Kier molecular flexibility index (Phi) is 4.57. The van der Waals surface area contributed by atoms with E-state index in [1.54, 1.807) is 29.5 Å². The summed E-state index contributed by atoms with van der Waals surface area (Å²) in [6.45, 7) is 1.61. The lowest BCUT2D eigenvalue weighted by atomic mass is 10.1. The van der Waals surface area contributed by atoms with Gasteiger partial charge in [0.2, 0.25) is 0 Å². The predicted octanol–water partition coefficient (Wildman–Crippen LogP) is 3.20. The predicted molar refractivity (Wildman–Crippen MR) is 98.9 cm³/mol. The molecule has 0 saturated heterocycles. The van der Waals surface area contributed by atoms with Gasteiger partial charge in [-0.05, 0) is 17.5 Å². The van der Waals surface area contributed by atoms with Gasteiger partial charge in [0.25, 0.3) is 5.56 Å². The van der Waals surface area contributed by atoms with E-state index in [0.29, 0.717) is 36.5 Å². The molecule has 0 spiro atoms. The quantitative estimate of drug-likeness (QED) is 0.765. The van der Waals surface area contributed by atoms with Gasteiger partial charge in [-0.2, -0.15) is 0 Å². The maximum atomic E-state index is 14.4. The van der Waals surface area contributed by atoms with Crippen LogP contribution in [-0.2, 0) is 19.5 Å². The first kappa shape index (κ1) is 16.9. The second-order valence-electron chi connectivity index (χ2n) is 6.21. The number of fused-ring (bicyclic) bond motifs is 1. The van der Waals surface area contributed by atoms with Gasteiger partial charge in [-0.3, -0.25) is 9.69 Å². The van der Waals surface area contributed by atoms with Crippen molar-refractivity contribution in [2.75, 3.05) is 13.7 Å². The van der Waals surface area contributed by atoms with Crippen LogP contribution < -0.4 is 10.3 Å².